The van der Waals surface area contributed by atoms with E-state index in [4.69, 9.17) is 4.74 Å². The van der Waals surface area contributed by atoms with E-state index in [0.717, 1.165) is 55.8 Å². The van der Waals surface area contributed by atoms with Crippen LogP contribution in [0.15, 0.2) is 60.1 Å². The highest BCUT2D eigenvalue weighted by Crippen LogP contribution is 2.30. The lowest BCUT2D eigenvalue weighted by molar-refractivity contribution is 0.133. The molecule has 1 heterocycles. The van der Waals surface area contributed by atoms with Crippen LogP contribution in [0.5, 0.6) is 5.75 Å². The molecule has 1 aromatic heterocycles. The van der Waals surface area contributed by atoms with E-state index in [-0.39, 0.29) is 0 Å². The van der Waals surface area contributed by atoms with Crippen LogP contribution in [0.1, 0.15) is 36.8 Å². The molecule has 0 bridgehead atoms. The van der Waals surface area contributed by atoms with E-state index in [2.05, 4.69) is 52.8 Å². The van der Waals surface area contributed by atoms with Gasteiger partial charge in [-0.25, -0.2) is 4.98 Å². The summed E-state index contributed by atoms with van der Waals surface area (Å²) in [5, 5.41) is 16.1. The van der Waals surface area contributed by atoms with Crippen LogP contribution in [0.2, 0.25) is 0 Å². The average molecular weight is 449 g/mol. The Hall–Kier alpha value is -2.47. The molecule has 2 N–H and O–H groups in total. The molecule has 0 unspecified atom stereocenters. The maximum atomic E-state index is 9.88. The van der Waals surface area contributed by atoms with Gasteiger partial charge < -0.3 is 15.2 Å². The molecule has 4 nitrogen and oxygen atoms in total. The molecule has 3 aromatic carbocycles. The number of nitrogens with zero attached hydrogens (tertiary/aromatic N) is 1. The van der Waals surface area contributed by atoms with Gasteiger partial charge in [-0.15, -0.1) is 11.3 Å². The van der Waals surface area contributed by atoms with Crippen LogP contribution in [-0.4, -0.2) is 36.4 Å². The number of phenolic OH excluding ortho intramolecular Hbond substituents is 1. The highest BCUT2D eigenvalue weighted by molar-refractivity contribution is 7.17. The lowest BCUT2D eigenvalue weighted by atomic mass is 10.0. The molecule has 0 saturated carbocycles. The van der Waals surface area contributed by atoms with Crippen molar-refractivity contribution in [3.63, 3.8) is 0 Å². The largest absolute Gasteiger partial charge is 0.506 e. The topological polar surface area (TPSA) is 54.4 Å². The van der Waals surface area contributed by atoms with Gasteiger partial charge in [0.25, 0.3) is 0 Å². The number of aromatic hydroxyl groups is 1. The molecule has 0 atom stereocenters. The summed E-state index contributed by atoms with van der Waals surface area (Å²) < 4.78 is 6.77. The van der Waals surface area contributed by atoms with E-state index >= 15 is 0 Å². The van der Waals surface area contributed by atoms with Gasteiger partial charge >= 0.3 is 0 Å². The smallest absolute Gasteiger partial charge is 0.135 e. The monoisotopic (exact) mass is 448 g/mol. The maximum absolute atomic E-state index is 9.88. The molecule has 0 saturated heterocycles. The molecule has 0 aliphatic heterocycles. The molecule has 168 valence electrons. The van der Waals surface area contributed by atoms with Crippen LogP contribution in [0.3, 0.4) is 0 Å². The Morgan fingerprint density at radius 2 is 1.69 bits per heavy atom. The molecule has 0 aliphatic rings. The number of aromatic nitrogens is 1. The lowest BCUT2D eigenvalue weighted by Crippen LogP contribution is -2.18. The Kier molecular flexibility index (Phi) is 8.49. The van der Waals surface area contributed by atoms with E-state index in [1.165, 1.54) is 52.5 Å². The SMILES string of the molecule is Oc1ccc(CCNCCCCCCOCCc2cccc3ccccc23)c2ncsc12. The molecule has 32 heavy (non-hydrogen) atoms. The fraction of sp³-hybridized carbons (Fsp3) is 0.370. The average Bonchev–Trinajstić information content (AvgIpc) is 3.32. The molecule has 0 spiro atoms. The van der Waals surface area contributed by atoms with Gasteiger partial charge in [-0.05, 0) is 66.7 Å². The van der Waals surface area contributed by atoms with Crippen molar-refractivity contribution < 1.29 is 9.84 Å². The number of benzene rings is 3. The summed E-state index contributed by atoms with van der Waals surface area (Å²) in [4.78, 5) is 4.40. The number of fused-ring (bicyclic) bond motifs is 2. The number of hydrogen-bond donors (Lipinski definition) is 2. The summed E-state index contributed by atoms with van der Waals surface area (Å²) in [7, 11) is 0. The summed E-state index contributed by atoms with van der Waals surface area (Å²) >= 11 is 1.50. The van der Waals surface area contributed by atoms with Gasteiger partial charge in [0.05, 0.1) is 22.3 Å². The van der Waals surface area contributed by atoms with Crippen molar-refractivity contribution in [2.45, 2.75) is 38.5 Å². The molecule has 0 radical (unpaired) electrons. The number of ether oxygens (including phenoxy) is 1. The minimum Gasteiger partial charge on any atom is -0.506 e. The minimum atomic E-state index is 0.330. The number of rotatable bonds is 13. The van der Waals surface area contributed by atoms with E-state index in [9.17, 15) is 5.11 Å². The van der Waals surface area contributed by atoms with E-state index < -0.39 is 0 Å². The molecule has 4 aromatic rings. The van der Waals surface area contributed by atoms with Gasteiger partial charge in [-0.2, -0.15) is 0 Å². The van der Waals surface area contributed by atoms with Crippen LogP contribution in [0.25, 0.3) is 21.0 Å². The van der Waals surface area contributed by atoms with Crippen molar-refractivity contribution in [1.29, 1.82) is 0 Å². The molecule has 0 amide bonds. The second-order valence-corrected chi connectivity index (χ2v) is 9.04. The molecule has 4 rings (SSSR count). The minimum absolute atomic E-state index is 0.330. The lowest BCUT2D eigenvalue weighted by Gasteiger charge is -2.08. The van der Waals surface area contributed by atoms with Crippen molar-refractivity contribution in [3.8, 4) is 5.75 Å². The van der Waals surface area contributed by atoms with Crippen LogP contribution in [0, 0.1) is 0 Å². The summed E-state index contributed by atoms with van der Waals surface area (Å²) in [5.41, 5.74) is 5.32. The standard InChI is InChI=1S/C27H32N2O2S/c30-25-13-12-23(26-27(25)32-20-29-26)14-17-28-16-5-1-2-6-18-31-19-15-22-10-7-9-21-8-3-4-11-24(21)22/h3-4,7-13,20,28,30H,1-2,5-6,14-19H2. The number of nitrogens with one attached hydrogen (secondary N) is 1. The van der Waals surface area contributed by atoms with Gasteiger partial charge in [-0.3, -0.25) is 0 Å². The van der Waals surface area contributed by atoms with Gasteiger partial charge in [0.1, 0.15) is 5.75 Å². The van der Waals surface area contributed by atoms with Crippen molar-refractivity contribution in [2.24, 2.45) is 0 Å². The highest BCUT2D eigenvalue weighted by Gasteiger charge is 2.07. The zero-order valence-electron chi connectivity index (χ0n) is 18.6. The summed E-state index contributed by atoms with van der Waals surface area (Å²) in [6.45, 7) is 3.62. The van der Waals surface area contributed by atoms with Crippen molar-refractivity contribution in [2.75, 3.05) is 26.3 Å². The first-order valence-corrected chi connectivity index (χ1v) is 12.5. The Balaban J connectivity index is 1.02. The Morgan fingerprint density at radius 3 is 2.66 bits per heavy atom. The van der Waals surface area contributed by atoms with Gasteiger partial charge in [0.15, 0.2) is 0 Å². The summed E-state index contributed by atoms with van der Waals surface area (Å²) in [6, 6.07) is 18.8. The first-order valence-electron chi connectivity index (χ1n) is 11.6. The van der Waals surface area contributed by atoms with Gasteiger partial charge in [0, 0.05) is 6.61 Å². The van der Waals surface area contributed by atoms with Crippen LogP contribution in [0.4, 0.5) is 0 Å². The molecule has 5 heteroatoms. The van der Waals surface area contributed by atoms with E-state index in [1.807, 2.05) is 6.07 Å². The Bertz CT molecular complexity index is 1120. The summed E-state index contributed by atoms with van der Waals surface area (Å²) in [6.07, 6.45) is 6.68. The van der Waals surface area contributed by atoms with E-state index in [0.29, 0.717) is 5.75 Å². The van der Waals surface area contributed by atoms with Crippen molar-refractivity contribution >= 4 is 32.3 Å². The molecular weight excluding hydrogens is 416 g/mol. The van der Waals surface area contributed by atoms with Crippen molar-refractivity contribution in [3.05, 3.63) is 71.2 Å². The normalized spacial score (nSPS) is 11.5. The van der Waals surface area contributed by atoms with Gasteiger partial charge in [0.2, 0.25) is 0 Å². The zero-order valence-corrected chi connectivity index (χ0v) is 19.4. The van der Waals surface area contributed by atoms with Crippen LogP contribution >= 0.6 is 11.3 Å². The predicted octanol–water partition coefficient (Wildman–Crippen LogP) is 6.11. The fourth-order valence-electron chi connectivity index (χ4n) is 4.14. The van der Waals surface area contributed by atoms with Gasteiger partial charge in [-0.1, -0.05) is 61.4 Å². The zero-order chi connectivity index (χ0) is 22.0. The maximum Gasteiger partial charge on any atom is 0.135 e. The number of unbranched alkanes of at least 4 members (excludes halogenated alkanes) is 3. The highest BCUT2D eigenvalue weighted by atomic mass is 32.1. The number of phenols is 1. The van der Waals surface area contributed by atoms with Crippen molar-refractivity contribution in [1.82, 2.24) is 10.3 Å². The third-order valence-electron chi connectivity index (χ3n) is 5.91. The second-order valence-electron chi connectivity index (χ2n) is 8.19. The Labute approximate surface area is 194 Å². The first kappa shape index (κ1) is 22.7. The summed E-state index contributed by atoms with van der Waals surface area (Å²) in [5.74, 6) is 0.330. The number of hydrogen-bond acceptors (Lipinski definition) is 5. The second kappa shape index (κ2) is 12.0. The molecule has 0 fully saturated rings. The third kappa shape index (κ3) is 6.06. The Morgan fingerprint density at radius 1 is 0.812 bits per heavy atom. The predicted molar refractivity (Wildman–Crippen MR) is 135 cm³/mol. The van der Waals surface area contributed by atoms with Crippen LogP contribution in [-0.2, 0) is 17.6 Å². The third-order valence-corrected chi connectivity index (χ3v) is 6.75. The fourth-order valence-corrected chi connectivity index (χ4v) is 4.89. The van der Waals surface area contributed by atoms with E-state index in [1.54, 1.807) is 11.6 Å². The molecular formula is C27H32N2O2S. The number of thiazole rings is 1. The van der Waals surface area contributed by atoms with Crippen LogP contribution < -0.4 is 5.32 Å². The quantitative estimate of drug-likeness (QED) is 0.242. The first-order chi connectivity index (χ1) is 15.8. The molecule has 0 aliphatic carbocycles.